The summed E-state index contributed by atoms with van der Waals surface area (Å²) in [6.07, 6.45) is 3.24. The van der Waals surface area contributed by atoms with E-state index < -0.39 is 23.8 Å². The molecule has 1 aliphatic heterocycles. The molecule has 0 aliphatic carbocycles. The Morgan fingerprint density at radius 2 is 1.77 bits per heavy atom. The van der Waals surface area contributed by atoms with Crippen molar-refractivity contribution in [3.8, 4) is 0 Å². The summed E-state index contributed by atoms with van der Waals surface area (Å²) in [5.74, 6) is 4.77. The van der Waals surface area contributed by atoms with Gasteiger partial charge in [-0.2, -0.15) is 5.10 Å². The first kappa shape index (κ1) is 30.2. The Kier molecular flexibility index (Phi) is 8.79. The standard InChI is InChI=1S/C29H27Cl3N8O3/c1-37-13-18-11-21(7-8-22(18)36-37)35-29(43)25(10-17-2-4-19(30)5-3-17)39-16-27(41)38(15-28(39)42)24-12-20(31)6-9-23(24)40(34)14-26(32)33/h2-9,11-14,25H,10,15-16,33-34H2,1H3,(H,35,43)/b26-14-. The van der Waals surface area contributed by atoms with Crippen molar-refractivity contribution in [2.45, 2.75) is 12.5 Å². The van der Waals surface area contributed by atoms with Gasteiger partial charge in [0.25, 0.3) is 0 Å². The van der Waals surface area contributed by atoms with Crippen LogP contribution >= 0.6 is 34.8 Å². The predicted molar refractivity (Wildman–Crippen MR) is 169 cm³/mol. The smallest absolute Gasteiger partial charge is 0.247 e. The summed E-state index contributed by atoms with van der Waals surface area (Å²) in [6.45, 7) is -0.720. The second-order valence-electron chi connectivity index (χ2n) is 9.97. The van der Waals surface area contributed by atoms with Gasteiger partial charge in [-0.05, 0) is 54.1 Å². The van der Waals surface area contributed by atoms with Crippen LogP contribution in [0.5, 0.6) is 0 Å². The molecule has 43 heavy (non-hydrogen) atoms. The average Bonchev–Trinajstić information content (AvgIpc) is 3.32. The molecule has 1 aromatic heterocycles. The second-order valence-corrected chi connectivity index (χ2v) is 11.3. The summed E-state index contributed by atoms with van der Waals surface area (Å²) >= 11 is 18.1. The number of nitrogens with one attached hydrogen (secondary N) is 1. The molecule has 5 rings (SSSR count). The van der Waals surface area contributed by atoms with E-state index >= 15 is 0 Å². The van der Waals surface area contributed by atoms with Gasteiger partial charge in [0.15, 0.2) is 0 Å². The van der Waals surface area contributed by atoms with Crippen molar-refractivity contribution in [1.82, 2.24) is 14.7 Å². The Labute approximate surface area is 262 Å². The van der Waals surface area contributed by atoms with Crippen LogP contribution in [0.4, 0.5) is 17.1 Å². The number of piperazine rings is 1. The van der Waals surface area contributed by atoms with E-state index in [0.717, 1.165) is 21.5 Å². The van der Waals surface area contributed by atoms with Crippen LogP contribution in [0.3, 0.4) is 0 Å². The number of aryl methyl sites for hydroxylation is 1. The molecule has 11 nitrogen and oxygen atoms in total. The number of aromatic nitrogens is 2. The Morgan fingerprint density at radius 1 is 1.05 bits per heavy atom. The Balaban J connectivity index is 1.44. The number of hydrogen-bond donors (Lipinski definition) is 3. The van der Waals surface area contributed by atoms with Crippen LogP contribution in [-0.4, -0.2) is 51.5 Å². The number of carbonyl (C=O) groups excluding carboxylic acids is 3. The monoisotopic (exact) mass is 640 g/mol. The molecule has 3 amide bonds. The number of hydrogen-bond acceptors (Lipinski definition) is 7. The lowest BCUT2D eigenvalue weighted by Crippen LogP contribution is -2.60. The van der Waals surface area contributed by atoms with Crippen LogP contribution < -0.4 is 26.8 Å². The topological polar surface area (TPSA) is 143 Å². The Hall–Kier alpha value is -4.29. The molecule has 1 atom stereocenters. The third-order valence-electron chi connectivity index (χ3n) is 6.90. The highest BCUT2D eigenvalue weighted by Gasteiger charge is 2.39. The number of nitrogens with zero attached hydrogens (tertiary/aromatic N) is 5. The number of halogens is 3. The molecule has 14 heteroatoms. The number of amides is 3. The summed E-state index contributed by atoms with van der Waals surface area (Å²) in [5.41, 5.74) is 8.25. The Morgan fingerprint density at radius 3 is 2.49 bits per heavy atom. The molecule has 3 aromatic carbocycles. The number of nitrogens with two attached hydrogens (primary N) is 2. The van der Waals surface area contributed by atoms with Crippen LogP contribution in [0.1, 0.15) is 5.56 Å². The lowest BCUT2D eigenvalue weighted by Gasteiger charge is -2.39. The van der Waals surface area contributed by atoms with E-state index in [1.54, 1.807) is 59.3 Å². The van der Waals surface area contributed by atoms with Gasteiger partial charge in [-0.15, -0.1) is 0 Å². The second kappa shape index (κ2) is 12.5. The summed E-state index contributed by atoms with van der Waals surface area (Å²) < 4.78 is 1.68. The van der Waals surface area contributed by atoms with E-state index in [1.807, 2.05) is 13.2 Å². The first-order valence-electron chi connectivity index (χ1n) is 13.0. The van der Waals surface area contributed by atoms with Crippen molar-refractivity contribution in [1.29, 1.82) is 0 Å². The molecular formula is C29H27Cl3N8O3. The van der Waals surface area contributed by atoms with Crippen LogP contribution in [0.15, 0.2) is 78.2 Å². The highest BCUT2D eigenvalue weighted by atomic mass is 35.5. The van der Waals surface area contributed by atoms with E-state index in [0.29, 0.717) is 21.4 Å². The van der Waals surface area contributed by atoms with Crippen LogP contribution in [0, 0.1) is 0 Å². The molecule has 1 fully saturated rings. The molecule has 0 saturated carbocycles. The minimum Gasteiger partial charge on any atom is -0.388 e. The van der Waals surface area contributed by atoms with Gasteiger partial charge in [0.05, 0.1) is 23.1 Å². The number of hydrazine groups is 1. The quantitative estimate of drug-likeness (QED) is 0.150. The highest BCUT2D eigenvalue weighted by Crippen LogP contribution is 2.33. The van der Waals surface area contributed by atoms with E-state index in [-0.39, 0.29) is 30.4 Å². The zero-order valence-electron chi connectivity index (χ0n) is 22.9. The van der Waals surface area contributed by atoms with Crippen molar-refractivity contribution in [3.63, 3.8) is 0 Å². The first-order valence-corrected chi connectivity index (χ1v) is 14.2. The van der Waals surface area contributed by atoms with Gasteiger partial charge in [-0.25, -0.2) is 5.84 Å². The van der Waals surface area contributed by atoms with Crippen molar-refractivity contribution in [3.05, 3.63) is 93.8 Å². The van der Waals surface area contributed by atoms with Crippen LogP contribution in [0.2, 0.25) is 10.0 Å². The van der Waals surface area contributed by atoms with Gasteiger partial charge in [0, 0.05) is 40.8 Å². The largest absolute Gasteiger partial charge is 0.388 e. The lowest BCUT2D eigenvalue weighted by atomic mass is 10.0. The molecule has 2 heterocycles. The highest BCUT2D eigenvalue weighted by molar-refractivity contribution is 6.31. The lowest BCUT2D eigenvalue weighted by molar-refractivity contribution is -0.143. The maximum absolute atomic E-state index is 13.8. The van der Waals surface area contributed by atoms with Gasteiger partial charge in [-0.3, -0.25) is 29.0 Å². The maximum Gasteiger partial charge on any atom is 0.247 e. The number of rotatable bonds is 8. The van der Waals surface area contributed by atoms with Gasteiger partial charge in [-0.1, -0.05) is 46.9 Å². The first-order chi connectivity index (χ1) is 20.5. The molecule has 1 unspecified atom stereocenters. The SMILES string of the molecule is Cn1cc2cc(NC(=O)C(Cc3ccc(Cl)cc3)N3CC(=O)N(c4cc(Cl)ccc4N(N)/C=C(\N)Cl)CC3=O)ccc2n1. The fourth-order valence-corrected chi connectivity index (χ4v) is 5.31. The average molecular weight is 642 g/mol. The molecule has 4 aromatic rings. The summed E-state index contributed by atoms with van der Waals surface area (Å²) in [7, 11) is 1.81. The number of fused-ring (bicyclic) bond motifs is 1. The van der Waals surface area contributed by atoms with Gasteiger partial charge in [0.1, 0.15) is 24.3 Å². The van der Waals surface area contributed by atoms with E-state index in [1.165, 1.54) is 22.1 Å². The van der Waals surface area contributed by atoms with Crippen molar-refractivity contribution in [2.75, 3.05) is 28.3 Å². The number of benzene rings is 3. The zero-order chi connectivity index (χ0) is 30.8. The molecule has 1 saturated heterocycles. The molecular weight excluding hydrogens is 615 g/mol. The normalized spacial score (nSPS) is 14.8. The molecule has 222 valence electrons. The summed E-state index contributed by atoms with van der Waals surface area (Å²) in [6, 6.07) is 15.9. The molecule has 0 radical (unpaired) electrons. The minimum atomic E-state index is -1.01. The predicted octanol–water partition coefficient (Wildman–Crippen LogP) is 3.98. The van der Waals surface area contributed by atoms with Gasteiger partial charge in [0.2, 0.25) is 17.7 Å². The van der Waals surface area contributed by atoms with Crippen molar-refractivity contribution >= 4 is 80.5 Å². The summed E-state index contributed by atoms with van der Waals surface area (Å²) in [5, 5.41) is 10.0. The van der Waals surface area contributed by atoms with E-state index in [9.17, 15) is 14.4 Å². The number of anilines is 3. The molecule has 0 bridgehead atoms. The zero-order valence-corrected chi connectivity index (χ0v) is 25.1. The van der Waals surface area contributed by atoms with Gasteiger partial charge < -0.3 is 16.0 Å². The maximum atomic E-state index is 13.8. The van der Waals surface area contributed by atoms with Crippen molar-refractivity contribution in [2.24, 2.45) is 18.6 Å². The molecule has 0 spiro atoms. The third kappa shape index (κ3) is 6.86. The minimum absolute atomic E-state index is 0.0886. The van der Waals surface area contributed by atoms with E-state index in [2.05, 4.69) is 10.4 Å². The van der Waals surface area contributed by atoms with Crippen molar-refractivity contribution < 1.29 is 14.4 Å². The van der Waals surface area contributed by atoms with Gasteiger partial charge >= 0.3 is 0 Å². The van der Waals surface area contributed by atoms with E-state index in [4.69, 9.17) is 46.4 Å². The van der Waals surface area contributed by atoms with Crippen LogP contribution in [-0.2, 0) is 27.9 Å². The van der Waals surface area contributed by atoms with Crippen LogP contribution in [0.25, 0.3) is 10.9 Å². The number of carbonyl (C=O) groups is 3. The fourth-order valence-electron chi connectivity index (χ4n) is 4.91. The third-order valence-corrected chi connectivity index (χ3v) is 7.48. The Bertz CT molecular complexity index is 1740. The molecule has 5 N–H and O–H groups in total. The molecule has 1 aliphatic rings. The summed E-state index contributed by atoms with van der Waals surface area (Å²) in [4.78, 5) is 43.6. The fraction of sp³-hybridized carbons (Fsp3) is 0.172.